The number of carbonyl (C=O) groups excluding carboxylic acids is 5. The topological polar surface area (TPSA) is 140 Å². The van der Waals surface area contributed by atoms with Crippen LogP contribution in [-0.4, -0.2) is 90.7 Å². The maximum absolute atomic E-state index is 13.2. The van der Waals surface area contributed by atoms with Crippen molar-refractivity contribution in [3.63, 3.8) is 0 Å². The van der Waals surface area contributed by atoms with Crippen LogP contribution in [0.15, 0.2) is 30.3 Å². The van der Waals surface area contributed by atoms with Crippen LogP contribution >= 0.6 is 0 Å². The van der Waals surface area contributed by atoms with Gasteiger partial charge >= 0.3 is 6.03 Å². The lowest BCUT2D eigenvalue weighted by Crippen LogP contribution is -2.61. The van der Waals surface area contributed by atoms with Gasteiger partial charge in [0.1, 0.15) is 12.1 Å². The molecule has 5 amide bonds. The summed E-state index contributed by atoms with van der Waals surface area (Å²) in [5.74, 6) is -3.05. The maximum atomic E-state index is 13.2. The summed E-state index contributed by atoms with van der Waals surface area (Å²) in [5.41, 5.74) is 0.212. The van der Waals surface area contributed by atoms with Crippen LogP contribution in [0.2, 0.25) is 0 Å². The Balaban J connectivity index is 1.98. The molecule has 1 heterocycles. The number of benzene rings is 1. The van der Waals surface area contributed by atoms with Crippen LogP contribution in [0.25, 0.3) is 0 Å². The smallest absolute Gasteiger partial charge is 0.318 e. The lowest BCUT2D eigenvalue weighted by Gasteiger charge is -2.36. The quantitative estimate of drug-likeness (QED) is 0.323. The number of rotatable bonds is 10. The fourth-order valence-corrected chi connectivity index (χ4v) is 4.08. The lowest BCUT2D eigenvalue weighted by molar-refractivity contribution is -0.141. The van der Waals surface area contributed by atoms with Crippen LogP contribution in [0.5, 0.6) is 0 Å². The Morgan fingerprint density at radius 1 is 0.846 bits per heavy atom. The van der Waals surface area contributed by atoms with Gasteiger partial charge in [0.05, 0.1) is 6.04 Å². The summed E-state index contributed by atoms with van der Waals surface area (Å²) < 4.78 is 0. The first-order chi connectivity index (χ1) is 18.2. The Bertz CT molecular complexity index is 1020. The highest BCUT2D eigenvalue weighted by atomic mass is 16.2. The minimum absolute atomic E-state index is 0.185. The van der Waals surface area contributed by atoms with Gasteiger partial charge < -0.3 is 31.1 Å². The minimum Gasteiger partial charge on any atom is -0.345 e. The van der Waals surface area contributed by atoms with Gasteiger partial charge in [0.25, 0.3) is 5.91 Å². The molecular weight excluding hydrogens is 500 g/mol. The van der Waals surface area contributed by atoms with Crippen molar-refractivity contribution in [2.75, 3.05) is 33.2 Å². The number of amides is 5. The number of hydrogen-bond acceptors (Lipinski definition) is 6. The molecule has 0 aliphatic carbocycles. The van der Waals surface area contributed by atoms with Gasteiger partial charge in [-0.15, -0.1) is 0 Å². The van der Waals surface area contributed by atoms with Crippen molar-refractivity contribution in [2.24, 2.45) is 11.3 Å². The molecule has 0 radical (unpaired) electrons. The van der Waals surface area contributed by atoms with Crippen molar-refractivity contribution in [2.45, 2.75) is 66.2 Å². The zero-order valence-corrected chi connectivity index (χ0v) is 24.2. The summed E-state index contributed by atoms with van der Waals surface area (Å²) in [6, 6.07) is 5.87. The van der Waals surface area contributed by atoms with Crippen LogP contribution in [0.1, 0.15) is 47.1 Å². The zero-order chi connectivity index (χ0) is 29.3. The van der Waals surface area contributed by atoms with Crippen LogP contribution < -0.4 is 21.3 Å². The number of piperazine rings is 1. The Morgan fingerprint density at radius 3 is 1.97 bits per heavy atom. The molecule has 4 N–H and O–H groups in total. The fourth-order valence-electron chi connectivity index (χ4n) is 4.08. The van der Waals surface area contributed by atoms with Crippen molar-refractivity contribution < 1.29 is 24.0 Å². The third kappa shape index (κ3) is 9.65. The molecule has 216 valence electrons. The van der Waals surface area contributed by atoms with E-state index in [4.69, 9.17) is 0 Å². The molecule has 0 unspecified atom stereocenters. The monoisotopic (exact) mass is 544 g/mol. The Morgan fingerprint density at radius 2 is 1.44 bits per heavy atom. The van der Waals surface area contributed by atoms with Gasteiger partial charge in [-0.1, -0.05) is 65.0 Å². The van der Waals surface area contributed by atoms with E-state index in [1.807, 2.05) is 58.2 Å². The van der Waals surface area contributed by atoms with Gasteiger partial charge in [0.2, 0.25) is 17.6 Å². The highest BCUT2D eigenvalue weighted by Crippen LogP contribution is 2.20. The third-order valence-corrected chi connectivity index (χ3v) is 6.71. The number of urea groups is 1. The normalized spacial score (nSPS) is 16.6. The van der Waals surface area contributed by atoms with Crippen LogP contribution in [0.4, 0.5) is 4.79 Å². The van der Waals surface area contributed by atoms with Crippen molar-refractivity contribution in [3.05, 3.63) is 35.9 Å². The first kappa shape index (κ1) is 31.7. The predicted molar refractivity (Wildman–Crippen MR) is 149 cm³/mol. The molecule has 3 atom stereocenters. The summed E-state index contributed by atoms with van der Waals surface area (Å²) in [7, 11) is 1.99. The number of likely N-dealkylation sites (N-methyl/N-ethyl adjacent to an activating group) is 1. The van der Waals surface area contributed by atoms with Crippen molar-refractivity contribution in [3.8, 4) is 0 Å². The molecule has 0 spiro atoms. The van der Waals surface area contributed by atoms with E-state index in [1.165, 1.54) is 6.92 Å². The fraction of sp³-hybridized carbons (Fsp3) is 0.607. The van der Waals surface area contributed by atoms with E-state index in [0.29, 0.717) is 13.1 Å². The zero-order valence-electron chi connectivity index (χ0n) is 24.2. The molecule has 1 aliphatic rings. The molecule has 1 fully saturated rings. The molecule has 0 bridgehead atoms. The summed E-state index contributed by atoms with van der Waals surface area (Å²) in [6.07, 6.45) is 0. The summed E-state index contributed by atoms with van der Waals surface area (Å²) in [5, 5.41) is 10.7. The molecule has 1 aliphatic heterocycles. The van der Waals surface area contributed by atoms with E-state index in [1.54, 1.807) is 18.7 Å². The Hall–Kier alpha value is -3.47. The first-order valence-electron chi connectivity index (χ1n) is 13.4. The highest BCUT2D eigenvalue weighted by molar-refractivity contribution is 6.38. The van der Waals surface area contributed by atoms with Crippen LogP contribution in [-0.2, 0) is 25.7 Å². The Kier molecular flexibility index (Phi) is 11.5. The first-order valence-corrected chi connectivity index (χ1v) is 13.4. The molecule has 1 aromatic carbocycles. The second kappa shape index (κ2) is 14.1. The second-order valence-electron chi connectivity index (χ2n) is 11.5. The number of ketones is 1. The molecule has 1 aromatic rings. The average molecular weight is 545 g/mol. The minimum atomic E-state index is -1.07. The number of Topliss-reactive ketones (excluding diaryl/α,β-unsaturated/α-hetero) is 1. The summed E-state index contributed by atoms with van der Waals surface area (Å²) >= 11 is 0. The van der Waals surface area contributed by atoms with Gasteiger partial charge in [-0.05, 0) is 30.9 Å². The van der Waals surface area contributed by atoms with Gasteiger partial charge in [0.15, 0.2) is 0 Å². The van der Waals surface area contributed by atoms with Gasteiger partial charge in [-0.25, -0.2) is 4.79 Å². The van der Waals surface area contributed by atoms with Gasteiger partial charge in [0, 0.05) is 32.7 Å². The van der Waals surface area contributed by atoms with Gasteiger partial charge in [-0.2, -0.15) is 0 Å². The molecule has 39 heavy (non-hydrogen) atoms. The molecule has 2 rings (SSSR count). The van der Waals surface area contributed by atoms with E-state index < -0.39 is 47.0 Å². The van der Waals surface area contributed by atoms with Crippen molar-refractivity contribution in [1.29, 1.82) is 0 Å². The van der Waals surface area contributed by atoms with E-state index >= 15 is 0 Å². The number of nitrogens with one attached hydrogen (secondary N) is 4. The third-order valence-electron chi connectivity index (χ3n) is 6.71. The van der Waals surface area contributed by atoms with Crippen LogP contribution in [0.3, 0.4) is 0 Å². The summed E-state index contributed by atoms with van der Waals surface area (Å²) in [4.78, 5) is 68.2. The van der Waals surface area contributed by atoms with Gasteiger partial charge in [-0.3, -0.25) is 19.2 Å². The molecule has 11 nitrogen and oxygen atoms in total. The number of nitrogens with zero attached hydrogens (tertiary/aromatic N) is 2. The second-order valence-corrected chi connectivity index (χ2v) is 11.5. The van der Waals surface area contributed by atoms with Crippen molar-refractivity contribution in [1.82, 2.24) is 31.1 Å². The standard InChI is InChI=1S/C28H44N6O5/c1-18(2)21(22(35)25(37)29-17-20-11-9-8-10-12-20)31-24(36)19(3)30-26(38)23(28(4,5)6)32-27(39)34-15-13-33(7)14-16-34/h8-12,18-19,21,23H,13-17H2,1-7H3,(H,29,37)(H,30,38)(H,31,36)(H,32,39)/t19-,21-,23+/m0/s1. The van der Waals surface area contributed by atoms with E-state index in [0.717, 1.165) is 18.7 Å². The summed E-state index contributed by atoms with van der Waals surface area (Å²) in [6.45, 7) is 13.2. The number of carbonyl (C=O) groups is 5. The average Bonchev–Trinajstić information content (AvgIpc) is 2.88. The molecule has 0 aromatic heterocycles. The SMILES string of the molecule is CC(C)[C@H](NC(=O)[C@H](C)NC(=O)[C@@H](NC(=O)N1CCN(C)CC1)C(C)(C)C)C(=O)C(=O)NCc1ccccc1. The van der Waals surface area contributed by atoms with E-state index in [2.05, 4.69) is 26.2 Å². The molecular formula is C28H44N6O5. The van der Waals surface area contributed by atoms with Crippen LogP contribution in [0, 0.1) is 11.3 Å². The maximum Gasteiger partial charge on any atom is 0.318 e. The van der Waals surface area contributed by atoms with E-state index in [9.17, 15) is 24.0 Å². The Labute approximate surface area is 231 Å². The highest BCUT2D eigenvalue weighted by Gasteiger charge is 2.36. The largest absolute Gasteiger partial charge is 0.345 e. The predicted octanol–water partition coefficient (Wildman–Crippen LogP) is 0.889. The van der Waals surface area contributed by atoms with Crippen molar-refractivity contribution >= 4 is 29.5 Å². The lowest BCUT2D eigenvalue weighted by atomic mass is 9.86. The molecule has 1 saturated heterocycles. The molecule has 11 heteroatoms. The number of hydrogen-bond donors (Lipinski definition) is 4. The molecule has 0 saturated carbocycles. The van der Waals surface area contributed by atoms with E-state index in [-0.39, 0.29) is 18.5 Å².